The Morgan fingerprint density at radius 3 is 2.54 bits per heavy atom. The molecule has 0 aromatic heterocycles. The van der Waals surface area contributed by atoms with Gasteiger partial charge in [0, 0.05) is 18.8 Å². The Hall–Kier alpha value is -2.49. The van der Waals surface area contributed by atoms with E-state index >= 15 is 0 Å². The lowest BCUT2D eigenvalue weighted by atomic mass is 10.1. The molecular weight excluding hydrogens is 300 g/mol. The number of anilines is 3. The molecule has 1 N–H and O–H groups in total. The fourth-order valence-electron chi connectivity index (χ4n) is 3.12. The predicted octanol–water partition coefficient (Wildman–Crippen LogP) is 4.52. The molecule has 0 spiro atoms. The highest BCUT2D eigenvalue weighted by Crippen LogP contribution is 2.34. The van der Waals surface area contributed by atoms with E-state index in [4.69, 9.17) is 4.74 Å². The van der Waals surface area contributed by atoms with Crippen LogP contribution in [-0.2, 0) is 4.74 Å². The van der Waals surface area contributed by atoms with Crippen LogP contribution in [0.1, 0.15) is 35.7 Å². The molecule has 2 aromatic carbocycles. The van der Waals surface area contributed by atoms with Crippen LogP contribution in [0, 0.1) is 6.92 Å². The number of esters is 1. The number of carbonyl (C=O) groups is 1. The zero-order chi connectivity index (χ0) is 16.9. The maximum Gasteiger partial charge on any atom is 0.338 e. The summed E-state index contributed by atoms with van der Waals surface area (Å²) in [5.74, 6) is -0.265. The van der Waals surface area contributed by atoms with Crippen molar-refractivity contribution in [2.45, 2.75) is 26.7 Å². The van der Waals surface area contributed by atoms with E-state index in [1.165, 1.54) is 12.8 Å². The van der Waals surface area contributed by atoms with Crippen molar-refractivity contribution in [1.82, 2.24) is 0 Å². The number of ether oxygens (including phenoxy) is 1. The smallest absolute Gasteiger partial charge is 0.338 e. The first-order valence-electron chi connectivity index (χ1n) is 8.58. The summed E-state index contributed by atoms with van der Waals surface area (Å²) >= 11 is 0. The zero-order valence-electron chi connectivity index (χ0n) is 14.3. The highest BCUT2D eigenvalue weighted by Gasteiger charge is 2.20. The van der Waals surface area contributed by atoms with E-state index < -0.39 is 0 Å². The molecule has 2 aromatic rings. The summed E-state index contributed by atoms with van der Waals surface area (Å²) in [6, 6.07) is 14.1. The fourth-order valence-corrected chi connectivity index (χ4v) is 3.12. The summed E-state index contributed by atoms with van der Waals surface area (Å²) in [6.07, 6.45) is 2.42. The molecule has 0 atom stereocenters. The van der Waals surface area contributed by atoms with E-state index in [1.807, 2.05) is 50.2 Å². The van der Waals surface area contributed by atoms with Crippen LogP contribution in [0.25, 0.3) is 0 Å². The molecule has 0 saturated carbocycles. The fraction of sp³-hybridized carbons (Fsp3) is 0.350. The first-order chi connectivity index (χ1) is 11.7. The summed E-state index contributed by atoms with van der Waals surface area (Å²) in [5, 5.41) is 3.46. The molecule has 0 aliphatic carbocycles. The van der Waals surface area contributed by atoms with Crippen LogP contribution in [0.3, 0.4) is 0 Å². The Morgan fingerprint density at radius 1 is 1.17 bits per heavy atom. The van der Waals surface area contributed by atoms with Gasteiger partial charge in [0.05, 0.1) is 23.5 Å². The number of nitrogens with one attached hydrogen (secondary N) is 1. The average molecular weight is 324 g/mol. The van der Waals surface area contributed by atoms with Crippen molar-refractivity contribution >= 4 is 23.0 Å². The standard InChI is InChI=1S/C20H24N2O2/c1-3-24-20(23)17-14-18(21-16-9-5-4-6-10-16)19(13-15(17)2)22-11-7-8-12-22/h4-6,9-10,13-14,21H,3,7-8,11-12H2,1-2H3. The third-order valence-electron chi connectivity index (χ3n) is 4.34. The second kappa shape index (κ2) is 7.39. The van der Waals surface area contributed by atoms with Crippen molar-refractivity contribution in [3.8, 4) is 0 Å². The van der Waals surface area contributed by atoms with E-state index in [-0.39, 0.29) is 5.97 Å². The van der Waals surface area contributed by atoms with Crippen molar-refractivity contribution in [3.05, 3.63) is 53.6 Å². The molecule has 0 amide bonds. The third-order valence-corrected chi connectivity index (χ3v) is 4.34. The van der Waals surface area contributed by atoms with Crippen LogP contribution in [0.5, 0.6) is 0 Å². The molecule has 24 heavy (non-hydrogen) atoms. The molecule has 0 radical (unpaired) electrons. The summed E-state index contributed by atoms with van der Waals surface area (Å²) < 4.78 is 5.20. The van der Waals surface area contributed by atoms with Gasteiger partial charge in [0.1, 0.15) is 0 Å². The van der Waals surface area contributed by atoms with E-state index in [0.29, 0.717) is 12.2 Å². The van der Waals surface area contributed by atoms with Crippen molar-refractivity contribution in [2.75, 3.05) is 29.9 Å². The van der Waals surface area contributed by atoms with Gasteiger partial charge in [0.2, 0.25) is 0 Å². The Kier molecular flexibility index (Phi) is 5.04. The molecule has 1 saturated heterocycles. The number of rotatable bonds is 5. The highest BCUT2D eigenvalue weighted by atomic mass is 16.5. The number of hydrogen-bond acceptors (Lipinski definition) is 4. The van der Waals surface area contributed by atoms with Crippen molar-refractivity contribution < 1.29 is 9.53 Å². The lowest BCUT2D eigenvalue weighted by molar-refractivity contribution is 0.0525. The maximum atomic E-state index is 12.2. The summed E-state index contributed by atoms with van der Waals surface area (Å²) in [6.45, 7) is 6.30. The van der Waals surface area contributed by atoms with Gasteiger partial charge in [-0.3, -0.25) is 0 Å². The molecule has 126 valence electrons. The molecule has 1 heterocycles. The summed E-state index contributed by atoms with van der Waals surface area (Å²) in [7, 11) is 0. The van der Waals surface area contributed by atoms with Crippen LogP contribution in [0.4, 0.5) is 17.1 Å². The van der Waals surface area contributed by atoms with Gasteiger partial charge in [0.25, 0.3) is 0 Å². The van der Waals surface area contributed by atoms with E-state index in [2.05, 4.69) is 16.3 Å². The first kappa shape index (κ1) is 16.4. The maximum absolute atomic E-state index is 12.2. The highest BCUT2D eigenvalue weighted by molar-refractivity contribution is 5.94. The van der Waals surface area contributed by atoms with Gasteiger partial charge in [-0.1, -0.05) is 18.2 Å². The van der Waals surface area contributed by atoms with Gasteiger partial charge < -0.3 is 15.0 Å². The van der Waals surface area contributed by atoms with Gasteiger partial charge in [-0.2, -0.15) is 0 Å². The van der Waals surface area contributed by atoms with Crippen LogP contribution in [0.2, 0.25) is 0 Å². The third kappa shape index (κ3) is 3.53. The molecule has 0 unspecified atom stereocenters. The quantitative estimate of drug-likeness (QED) is 0.821. The van der Waals surface area contributed by atoms with Crippen LogP contribution in [-0.4, -0.2) is 25.7 Å². The molecular formula is C20H24N2O2. The minimum atomic E-state index is -0.265. The lowest BCUT2D eigenvalue weighted by Gasteiger charge is -2.24. The first-order valence-corrected chi connectivity index (χ1v) is 8.58. The molecule has 1 aliphatic heterocycles. The minimum absolute atomic E-state index is 0.265. The van der Waals surface area contributed by atoms with Gasteiger partial charge in [-0.25, -0.2) is 4.79 Å². The molecule has 0 bridgehead atoms. The summed E-state index contributed by atoms with van der Waals surface area (Å²) in [5.41, 5.74) is 4.70. The molecule has 1 aliphatic rings. The average Bonchev–Trinajstić information content (AvgIpc) is 3.11. The molecule has 3 rings (SSSR count). The number of nitrogens with zero attached hydrogens (tertiary/aromatic N) is 1. The number of aryl methyl sites for hydroxylation is 1. The second-order valence-corrected chi connectivity index (χ2v) is 6.09. The Balaban J connectivity index is 2.00. The van der Waals surface area contributed by atoms with Gasteiger partial charge in [-0.05, 0) is 56.5 Å². The normalized spacial score (nSPS) is 13.8. The zero-order valence-corrected chi connectivity index (χ0v) is 14.3. The largest absolute Gasteiger partial charge is 0.462 e. The topological polar surface area (TPSA) is 41.6 Å². The van der Waals surface area contributed by atoms with E-state index in [1.54, 1.807) is 0 Å². The number of benzene rings is 2. The molecule has 1 fully saturated rings. The Bertz CT molecular complexity index is 707. The predicted molar refractivity (Wildman–Crippen MR) is 98.3 cm³/mol. The summed E-state index contributed by atoms with van der Waals surface area (Å²) in [4.78, 5) is 14.6. The van der Waals surface area contributed by atoms with Crippen molar-refractivity contribution in [2.24, 2.45) is 0 Å². The number of carbonyl (C=O) groups excluding carboxylic acids is 1. The van der Waals surface area contributed by atoms with Crippen LogP contribution < -0.4 is 10.2 Å². The van der Waals surface area contributed by atoms with Crippen LogP contribution in [0.15, 0.2) is 42.5 Å². The van der Waals surface area contributed by atoms with Crippen LogP contribution >= 0.6 is 0 Å². The molecule has 4 heteroatoms. The second-order valence-electron chi connectivity index (χ2n) is 6.09. The van der Waals surface area contributed by atoms with E-state index in [0.717, 1.165) is 35.7 Å². The Morgan fingerprint density at radius 2 is 1.88 bits per heavy atom. The monoisotopic (exact) mass is 324 g/mol. The Labute approximate surface area is 143 Å². The van der Waals surface area contributed by atoms with Gasteiger partial charge in [0.15, 0.2) is 0 Å². The SMILES string of the molecule is CCOC(=O)c1cc(Nc2ccccc2)c(N2CCCC2)cc1C. The molecule has 4 nitrogen and oxygen atoms in total. The number of hydrogen-bond donors (Lipinski definition) is 1. The lowest BCUT2D eigenvalue weighted by Crippen LogP contribution is -2.20. The van der Waals surface area contributed by atoms with Crippen molar-refractivity contribution in [1.29, 1.82) is 0 Å². The minimum Gasteiger partial charge on any atom is -0.462 e. The van der Waals surface area contributed by atoms with Crippen molar-refractivity contribution in [3.63, 3.8) is 0 Å². The van der Waals surface area contributed by atoms with Gasteiger partial charge in [-0.15, -0.1) is 0 Å². The van der Waals surface area contributed by atoms with Gasteiger partial charge >= 0.3 is 5.97 Å². The van der Waals surface area contributed by atoms with E-state index in [9.17, 15) is 4.79 Å². The number of para-hydroxylation sites is 1.